The van der Waals surface area contributed by atoms with E-state index in [1.807, 2.05) is 0 Å². The van der Waals surface area contributed by atoms with Crippen molar-refractivity contribution < 1.29 is 0 Å². The van der Waals surface area contributed by atoms with Crippen LogP contribution in [0.2, 0.25) is 0 Å². The molecule has 0 fully saturated rings. The molecule has 0 amide bonds. The van der Waals surface area contributed by atoms with Crippen molar-refractivity contribution in [2.75, 3.05) is 6.54 Å². The molecule has 90 valence electrons. The number of hydrogen-bond acceptors (Lipinski definition) is 1. The van der Waals surface area contributed by atoms with Crippen LogP contribution in [-0.2, 0) is 0 Å². The summed E-state index contributed by atoms with van der Waals surface area (Å²) in [5.74, 6) is 0. The molecule has 0 rings (SSSR count). The molecule has 14 heavy (non-hydrogen) atoms. The Kier molecular flexibility index (Phi) is 22.9. The minimum Gasteiger partial charge on any atom is -0.315 e. The summed E-state index contributed by atoms with van der Waals surface area (Å²) >= 11 is 0. The first-order valence-corrected chi connectivity index (χ1v) is 5.54. The van der Waals surface area contributed by atoms with E-state index in [9.17, 15) is 0 Å². The first kappa shape index (κ1) is 20.0. The molecule has 0 aromatic carbocycles. The van der Waals surface area contributed by atoms with Crippen LogP contribution in [0.4, 0.5) is 0 Å². The summed E-state index contributed by atoms with van der Waals surface area (Å²) in [6.07, 6.45) is 8.35. The molecule has 0 bridgehead atoms. The summed E-state index contributed by atoms with van der Waals surface area (Å²) in [7, 11) is 0. The van der Waals surface area contributed by atoms with Crippen molar-refractivity contribution >= 4 is 24.8 Å². The zero-order chi connectivity index (χ0) is 9.23. The molecule has 0 aromatic heterocycles. The van der Waals surface area contributed by atoms with Crippen LogP contribution in [0.3, 0.4) is 0 Å². The maximum Gasteiger partial charge on any atom is 0.00386 e. The van der Waals surface area contributed by atoms with Crippen molar-refractivity contribution in [3.63, 3.8) is 0 Å². The van der Waals surface area contributed by atoms with Crippen LogP contribution >= 0.6 is 24.8 Å². The molecular weight excluding hydrogens is 217 g/mol. The monoisotopic (exact) mass is 243 g/mol. The number of hydrogen-bond donors (Lipinski definition) is 1. The van der Waals surface area contributed by atoms with Gasteiger partial charge in [-0.3, -0.25) is 0 Å². The molecule has 0 aromatic rings. The molecule has 0 heterocycles. The van der Waals surface area contributed by atoms with Crippen LogP contribution in [0, 0.1) is 0 Å². The van der Waals surface area contributed by atoms with E-state index in [1.54, 1.807) is 0 Å². The van der Waals surface area contributed by atoms with Gasteiger partial charge >= 0.3 is 0 Å². The second kappa shape index (κ2) is 16.0. The van der Waals surface area contributed by atoms with Crippen LogP contribution < -0.4 is 5.32 Å². The third kappa shape index (κ3) is 15.0. The Bertz CT molecular complexity index is 89.4. The molecule has 1 N–H and O–H groups in total. The third-order valence-electron chi connectivity index (χ3n) is 2.29. The molecule has 1 atom stereocenters. The lowest BCUT2D eigenvalue weighted by atomic mass is 10.1. The van der Waals surface area contributed by atoms with Crippen LogP contribution in [-0.4, -0.2) is 12.6 Å². The Morgan fingerprint density at radius 2 is 1.50 bits per heavy atom. The third-order valence-corrected chi connectivity index (χ3v) is 2.29. The lowest BCUT2D eigenvalue weighted by Crippen LogP contribution is -2.25. The van der Waals surface area contributed by atoms with Gasteiger partial charge in [-0.1, -0.05) is 46.0 Å². The molecule has 0 aliphatic carbocycles. The zero-order valence-electron chi connectivity index (χ0n) is 9.84. The van der Waals surface area contributed by atoms with Gasteiger partial charge in [-0.25, -0.2) is 0 Å². The largest absolute Gasteiger partial charge is 0.315 e. The minimum atomic E-state index is 0. The fourth-order valence-electron chi connectivity index (χ4n) is 1.50. The van der Waals surface area contributed by atoms with E-state index in [4.69, 9.17) is 0 Å². The van der Waals surface area contributed by atoms with Gasteiger partial charge in [0.25, 0.3) is 0 Å². The van der Waals surface area contributed by atoms with Gasteiger partial charge in [0.1, 0.15) is 0 Å². The van der Waals surface area contributed by atoms with E-state index in [-0.39, 0.29) is 24.8 Å². The fraction of sp³-hybridized carbons (Fsp3) is 1.00. The smallest absolute Gasteiger partial charge is 0.00386 e. The highest BCUT2D eigenvalue weighted by molar-refractivity contribution is 5.85. The first-order valence-electron chi connectivity index (χ1n) is 5.54. The molecule has 0 radical (unpaired) electrons. The molecule has 1 unspecified atom stereocenters. The minimum absolute atomic E-state index is 0. The molecule has 1 nitrogen and oxygen atoms in total. The van der Waals surface area contributed by atoms with Crippen molar-refractivity contribution in [2.45, 2.75) is 65.3 Å². The zero-order valence-corrected chi connectivity index (χ0v) is 11.5. The number of halogens is 2. The Balaban J connectivity index is -0.000000605. The van der Waals surface area contributed by atoms with Crippen molar-refractivity contribution in [2.24, 2.45) is 0 Å². The second-order valence-corrected chi connectivity index (χ2v) is 3.66. The van der Waals surface area contributed by atoms with Crippen molar-refractivity contribution in [3.05, 3.63) is 0 Å². The number of rotatable bonds is 8. The van der Waals surface area contributed by atoms with Crippen LogP contribution in [0.25, 0.3) is 0 Å². The van der Waals surface area contributed by atoms with Crippen LogP contribution in [0.15, 0.2) is 0 Å². The summed E-state index contributed by atoms with van der Waals surface area (Å²) in [5.41, 5.74) is 0. The maximum absolute atomic E-state index is 3.44. The average molecular weight is 244 g/mol. The van der Waals surface area contributed by atoms with Gasteiger partial charge < -0.3 is 5.32 Å². The maximum atomic E-state index is 3.44. The molecule has 0 aliphatic heterocycles. The molecule has 0 aliphatic rings. The average Bonchev–Trinajstić information content (AvgIpc) is 2.05. The van der Waals surface area contributed by atoms with Gasteiger partial charge in [-0.2, -0.15) is 0 Å². The Hall–Kier alpha value is 0.540. The highest BCUT2D eigenvalue weighted by Gasteiger charge is 1.97. The second-order valence-electron chi connectivity index (χ2n) is 3.66. The van der Waals surface area contributed by atoms with Crippen molar-refractivity contribution in [1.82, 2.24) is 5.32 Å². The van der Waals surface area contributed by atoms with Gasteiger partial charge in [0.15, 0.2) is 0 Å². The quantitative estimate of drug-likeness (QED) is 0.631. The highest BCUT2D eigenvalue weighted by atomic mass is 35.5. The normalized spacial score (nSPS) is 11.4. The van der Waals surface area contributed by atoms with E-state index < -0.39 is 0 Å². The number of nitrogens with one attached hydrogen (secondary N) is 1. The predicted molar refractivity (Wildman–Crippen MR) is 71.0 cm³/mol. The van der Waals surface area contributed by atoms with Crippen molar-refractivity contribution in [3.8, 4) is 0 Å². The Labute approximate surface area is 102 Å². The first-order chi connectivity index (χ1) is 5.81. The summed E-state index contributed by atoms with van der Waals surface area (Å²) in [4.78, 5) is 0. The molecular formula is C11H27Cl2N. The predicted octanol–water partition coefficient (Wildman–Crippen LogP) is 4.19. The molecule has 0 saturated heterocycles. The van der Waals surface area contributed by atoms with Crippen molar-refractivity contribution in [1.29, 1.82) is 0 Å². The number of unbranched alkanes of at least 4 members (excludes halogenated alkanes) is 4. The standard InChI is InChI=1S/C11H25N.2ClH/c1-4-6-7-8-9-10-11(3)12-5-2;;/h11-12H,4-10H2,1-3H3;2*1H. The van der Waals surface area contributed by atoms with Crippen LogP contribution in [0.5, 0.6) is 0 Å². The van der Waals surface area contributed by atoms with E-state index in [2.05, 4.69) is 26.1 Å². The van der Waals surface area contributed by atoms with Gasteiger partial charge in [-0.15, -0.1) is 24.8 Å². The lowest BCUT2D eigenvalue weighted by Gasteiger charge is -2.11. The van der Waals surface area contributed by atoms with E-state index >= 15 is 0 Å². The Morgan fingerprint density at radius 3 is 2.00 bits per heavy atom. The van der Waals surface area contributed by atoms with E-state index in [0.717, 1.165) is 12.6 Å². The van der Waals surface area contributed by atoms with Gasteiger partial charge in [0, 0.05) is 6.04 Å². The summed E-state index contributed by atoms with van der Waals surface area (Å²) < 4.78 is 0. The Morgan fingerprint density at radius 1 is 0.929 bits per heavy atom. The lowest BCUT2D eigenvalue weighted by molar-refractivity contribution is 0.491. The SMILES string of the molecule is CCCCCCCC(C)NCC.Cl.Cl. The fourth-order valence-corrected chi connectivity index (χ4v) is 1.50. The van der Waals surface area contributed by atoms with E-state index in [1.165, 1.54) is 38.5 Å². The van der Waals surface area contributed by atoms with Gasteiger partial charge in [-0.05, 0) is 19.9 Å². The topological polar surface area (TPSA) is 12.0 Å². The molecule has 0 spiro atoms. The molecule has 3 heteroatoms. The van der Waals surface area contributed by atoms with Crippen LogP contribution in [0.1, 0.15) is 59.3 Å². The molecule has 0 saturated carbocycles. The summed E-state index contributed by atoms with van der Waals surface area (Å²) in [6.45, 7) is 7.83. The summed E-state index contributed by atoms with van der Waals surface area (Å²) in [5, 5.41) is 3.44. The summed E-state index contributed by atoms with van der Waals surface area (Å²) in [6, 6.07) is 0.719. The van der Waals surface area contributed by atoms with Gasteiger partial charge in [0.05, 0.1) is 0 Å². The highest BCUT2D eigenvalue weighted by Crippen LogP contribution is 2.06. The van der Waals surface area contributed by atoms with E-state index in [0.29, 0.717) is 0 Å². The van der Waals surface area contributed by atoms with Gasteiger partial charge in [0.2, 0.25) is 0 Å².